The summed E-state index contributed by atoms with van der Waals surface area (Å²) in [6.07, 6.45) is 5.92. The summed E-state index contributed by atoms with van der Waals surface area (Å²) in [6, 6.07) is 0. The molecule has 1 N–H and O–H groups in total. The van der Waals surface area contributed by atoms with Crippen LogP contribution in [0.15, 0.2) is 0 Å². The van der Waals surface area contributed by atoms with Gasteiger partial charge < -0.3 is 10.1 Å². The van der Waals surface area contributed by atoms with E-state index in [1.807, 2.05) is 7.11 Å². The normalized spacial score (nSPS) is 40.2. The first-order chi connectivity index (χ1) is 5.35. The summed E-state index contributed by atoms with van der Waals surface area (Å²) in [5, 5.41) is 3.47. The third-order valence-corrected chi connectivity index (χ3v) is 3.22. The standard InChI is InChI=1S/C9H17NO.ClH/c1-11-8-5-9(6-8)3-2-4-10-7-9;/h8,10H,2-7H2,1H3;1H. The van der Waals surface area contributed by atoms with Gasteiger partial charge in [-0.05, 0) is 37.6 Å². The minimum atomic E-state index is 0. The van der Waals surface area contributed by atoms with Crippen LogP contribution in [0.5, 0.6) is 0 Å². The molecule has 1 aliphatic carbocycles. The Labute approximate surface area is 80.5 Å². The Kier molecular flexibility index (Phi) is 3.38. The highest BCUT2D eigenvalue weighted by molar-refractivity contribution is 5.85. The fourth-order valence-electron chi connectivity index (χ4n) is 2.45. The second-order valence-electron chi connectivity index (χ2n) is 4.05. The second kappa shape index (κ2) is 3.95. The summed E-state index contributed by atoms with van der Waals surface area (Å²) in [6.45, 7) is 2.45. The van der Waals surface area contributed by atoms with Crippen molar-refractivity contribution in [3.05, 3.63) is 0 Å². The van der Waals surface area contributed by atoms with Gasteiger partial charge in [0, 0.05) is 13.7 Å². The number of piperidine rings is 1. The van der Waals surface area contributed by atoms with E-state index in [4.69, 9.17) is 4.74 Å². The zero-order chi connectivity index (χ0) is 7.73. The van der Waals surface area contributed by atoms with Crippen LogP contribution in [0, 0.1) is 5.41 Å². The van der Waals surface area contributed by atoms with E-state index in [1.165, 1.54) is 38.8 Å². The van der Waals surface area contributed by atoms with Gasteiger partial charge in [-0.25, -0.2) is 0 Å². The fraction of sp³-hybridized carbons (Fsp3) is 1.00. The average Bonchev–Trinajstić information content (AvgIpc) is 2.01. The predicted molar refractivity (Wildman–Crippen MR) is 51.8 cm³/mol. The van der Waals surface area contributed by atoms with Crippen molar-refractivity contribution < 1.29 is 4.74 Å². The highest BCUT2D eigenvalue weighted by Crippen LogP contribution is 2.46. The molecule has 72 valence electrons. The van der Waals surface area contributed by atoms with Gasteiger partial charge in [-0.3, -0.25) is 0 Å². The van der Waals surface area contributed by atoms with Crippen LogP contribution in [-0.2, 0) is 4.74 Å². The molecule has 0 aromatic carbocycles. The van der Waals surface area contributed by atoms with Crippen LogP contribution in [0.1, 0.15) is 25.7 Å². The van der Waals surface area contributed by atoms with Crippen molar-refractivity contribution in [2.75, 3.05) is 20.2 Å². The van der Waals surface area contributed by atoms with Gasteiger partial charge >= 0.3 is 0 Å². The van der Waals surface area contributed by atoms with E-state index >= 15 is 0 Å². The molecule has 0 aromatic rings. The fourth-order valence-corrected chi connectivity index (χ4v) is 2.45. The molecule has 2 aliphatic rings. The number of hydrogen-bond donors (Lipinski definition) is 1. The van der Waals surface area contributed by atoms with Crippen LogP contribution in [0.25, 0.3) is 0 Å². The highest BCUT2D eigenvalue weighted by atomic mass is 35.5. The van der Waals surface area contributed by atoms with E-state index in [1.54, 1.807) is 0 Å². The molecule has 1 aliphatic heterocycles. The molecule has 2 rings (SSSR count). The monoisotopic (exact) mass is 191 g/mol. The summed E-state index contributed by atoms with van der Waals surface area (Å²) < 4.78 is 5.29. The first-order valence-corrected chi connectivity index (χ1v) is 4.58. The minimum Gasteiger partial charge on any atom is -0.381 e. The molecule has 12 heavy (non-hydrogen) atoms. The first kappa shape index (κ1) is 10.3. The SMILES string of the molecule is COC1CC2(CCCNC2)C1.Cl. The number of nitrogens with one attached hydrogen (secondary N) is 1. The van der Waals surface area contributed by atoms with Gasteiger partial charge in [-0.2, -0.15) is 0 Å². The van der Waals surface area contributed by atoms with E-state index in [2.05, 4.69) is 5.32 Å². The zero-order valence-corrected chi connectivity index (χ0v) is 8.45. The molecule has 0 amide bonds. The third-order valence-electron chi connectivity index (χ3n) is 3.22. The van der Waals surface area contributed by atoms with Crippen molar-refractivity contribution in [3.8, 4) is 0 Å². The largest absolute Gasteiger partial charge is 0.381 e. The molecule has 1 saturated heterocycles. The molecule has 1 heterocycles. The highest BCUT2D eigenvalue weighted by Gasteiger charge is 2.44. The summed E-state index contributed by atoms with van der Waals surface area (Å²) >= 11 is 0. The molecule has 3 heteroatoms. The summed E-state index contributed by atoms with van der Waals surface area (Å²) in [5.41, 5.74) is 0.638. The molecule has 0 aromatic heterocycles. The van der Waals surface area contributed by atoms with Crippen molar-refractivity contribution in [1.29, 1.82) is 0 Å². The number of methoxy groups -OCH3 is 1. The van der Waals surface area contributed by atoms with Crippen molar-refractivity contribution in [1.82, 2.24) is 5.32 Å². The molecule has 2 nitrogen and oxygen atoms in total. The average molecular weight is 192 g/mol. The van der Waals surface area contributed by atoms with E-state index in [0.29, 0.717) is 11.5 Å². The first-order valence-electron chi connectivity index (χ1n) is 4.58. The van der Waals surface area contributed by atoms with Gasteiger partial charge in [0.25, 0.3) is 0 Å². The smallest absolute Gasteiger partial charge is 0.0583 e. The van der Waals surface area contributed by atoms with E-state index in [9.17, 15) is 0 Å². The van der Waals surface area contributed by atoms with Gasteiger partial charge in [0.2, 0.25) is 0 Å². The molecule has 2 fully saturated rings. The summed E-state index contributed by atoms with van der Waals surface area (Å²) in [4.78, 5) is 0. The Balaban J connectivity index is 0.000000720. The molecule has 0 atom stereocenters. The Bertz CT molecular complexity index is 137. The van der Waals surface area contributed by atoms with Crippen LogP contribution in [0.2, 0.25) is 0 Å². The lowest BCUT2D eigenvalue weighted by atomic mass is 9.63. The Hall–Kier alpha value is 0.210. The maximum atomic E-state index is 5.29. The van der Waals surface area contributed by atoms with Crippen molar-refractivity contribution in [2.24, 2.45) is 5.41 Å². The van der Waals surface area contributed by atoms with Gasteiger partial charge in [0.15, 0.2) is 0 Å². The Morgan fingerprint density at radius 2 is 2.17 bits per heavy atom. The van der Waals surface area contributed by atoms with Crippen molar-refractivity contribution in [3.63, 3.8) is 0 Å². The molecular formula is C9H18ClNO. The summed E-state index contributed by atoms with van der Waals surface area (Å²) in [7, 11) is 1.83. The molecule has 1 spiro atoms. The third kappa shape index (κ3) is 1.76. The topological polar surface area (TPSA) is 21.3 Å². The maximum Gasteiger partial charge on any atom is 0.0583 e. The zero-order valence-electron chi connectivity index (χ0n) is 7.64. The van der Waals surface area contributed by atoms with Crippen LogP contribution in [-0.4, -0.2) is 26.3 Å². The predicted octanol–water partition coefficient (Wildman–Crippen LogP) is 1.59. The molecule has 0 bridgehead atoms. The lowest BCUT2D eigenvalue weighted by Gasteiger charge is -2.49. The van der Waals surface area contributed by atoms with E-state index in [-0.39, 0.29) is 12.4 Å². The van der Waals surface area contributed by atoms with Gasteiger partial charge in [0.05, 0.1) is 6.10 Å². The number of rotatable bonds is 1. The van der Waals surface area contributed by atoms with Crippen LogP contribution >= 0.6 is 12.4 Å². The maximum absolute atomic E-state index is 5.29. The second-order valence-corrected chi connectivity index (χ2v) is 4.05. The minimum absolute atomic E-state index is 0. The lowest BCUT2D eigenvalue weighted by molar-refractivity contribution is -0.0696. The molecule has 0 radical (unpaired) electrons. The Morgan fingerprint density at radius 1 is 1.42 bits per heavy atom. The van der Waals surface area contributed by atoms with E-state index < -0.39 is 0 Å². The Morgan fingerprint density at radius 3 is 2.67 bits per heavy atom. The van der Waals surface area contributed by atoms with Crippen LogP contribution in [0.3, 0.4) is 0 Å². The van der Waals surface area contributed by atoms with Crippen molar-refractivity contribution in [2.45, 2.75) is 31.8 Å². The lowest BCUT2D eigenvalue weighted by Crippen LogP contribution is -2.51. The van der Waals surface area contributed by atoms with Crippen molar-refractivity contribution >= 4 is 12.4 Å². The van der Waals surface area contributed by atoms with Gasteiger partial charge in [0.1, 0.15) is 0 Å². The van der Waals surface area contributed by atoms with Crippen LogP contribution in [0.4, 0.5) is 0 Å². The molecule has 0 unspecified atom stereocenters. The summed E-state index contributed by atoms with van der Waals surface area (Å²) in [5.74, 6) is 0. The number of ether oxygens (including phenoxy) is 1. The van der Waals surface area contributed by atoms with Crippen LogP contribution < -0.4 is 5.32 Å². The van der Waals surface area contributed by atoms with E-state index in [0.717, 1.165) is 0 Å². The number of hydrogen-bond acceptors (Lipinski definition) is 2. The number of halogens is 1. The quantitative estimate of drug-likeness (QED) is 0.680. The van der Waals surface area contributed by atoms with Gasteiger partial charge in [-0.15, -0.1) is 12.4 Å². The molecular weight excluding hydrogens is 174 g/mol. The molecule has 1 saturated carbocycles. The van der Waals surface area contributed by atoms with Gasteiger partial charge in [-0.1, -0.05) is 0 Å².